The molecule has 2 fully saturated rings. The van der Waals surface area contributed by atoms with Gasteiger partial charge in [0.2, 0.25) is 5.88 Å². The molecule has 0 aliphatic carbocycles. The Morgan fingerprint density at radius 1 is 1.45 bits per heavy atom. The van der Waals surface area contributed by atoms with Gasteiger partial charge in [0.25, 0.3) is 5.91 Å². The second-order valence-electron chi connectivity index (χ2n) is 5.53. The quantitative estimate of drug-likeness (QED) is 0.893. The van der Waals surface area contributed by atoms with Crippen LogP contribution in [-0.2, 0) is 0 Å². The molecule has 0 saturated carbocycles. The summed E-state index contributed by atoms with van der Waals surface area (Å²) in [6, 6.07) is 3.51. The van der Waals surface area contributed by atoms with Crippen molar-refractivity contribution in [1.82, 2.24) is 20.1 Å². The molecule has 7 nitrogen and oxygen atoms in total. The monoisotopic (exact) mass is 304 g/mol. The average molecular weight is 304 g/mol. The van der Waals surface area contributed by atoms with Gasteiger partial charge in [-0.05, 0) is 25.0 Å². The predicted molar refractivity (Wildman–Crippen MR) is 79.8 cm³/mol. The second-order valence-corrected chi connectivity index (χ2v) is 5.53. The summed E-state index contributed by atoms with van der Waals surface area (Å²) < 4.78 is 5.17. The number of aromatic nitrogens is 1. The lowest BCUT2D eigenvalue weighted by Gasteiger charge is -2.37. The standard InChI is InChI=1S/C15H20N4O3/c1-22-13-12(5-2-6-16-13)14(20)18-8-3-4-11(10-18)19-9-7-17-15(19)21/h2,5-6,11H,3-4,7-10H2,1H3,(H,17,21). The normalized spacial score (nSPS) is 21.7. The number of methoxy groups -OCH3 is 1. The molecule has 118 valence electrons. The van der Waals surface area contributed by atoms with Gasteiger partial charge in [-0.2, -0.15) is 0 Å². The van der Waals surface area contributed by atoms with E-state index in [2.05, 4.69) is 10.3 Å². The van der Waals surface area contributed by atoms with Crippen LogP contribution in [0.5, 0.6) is 5.88 Å². The van der Waals surface area contributed by atoms with Crippen molar-refractivity contribution in [3.05, 3.63) is 23.9 Å². The molecule has 1 N–H and O–H groups in total. The van der Waals surface area contributed by atoms with Crippen LogP contribution < -0.4 is 10.1 Å². The molecule has 1 atom stereocenters. The third-order valence-corrected chi connectivity index (χ3v) is 4.21. The van der Waals surface area contributed by atoms with Gasteiger partial charge in [0.05, 0.1) is 13.2 Å². The topological polar surface area (TPSA) is 74.8 Å². The Balaban J connectivity index is 1.74. The van der Waals surface area contributed by atoms with Crippen LogP contribution in [0.3, 0.4) is 0 Å². The Morgan fingerprint density at radius 2 is 2.32 bits per heavy atom. The van der Waals surface area contributed by atoms with Gasteiger partial charge in [0.15, 0.2) is 0 Å². The minimum absolute atomic E-state index is 0.0294. The number of nitrogens with zero attached hydrogens (tertiary/aromatic N) is 3. The Bertz CT molecular complexity index is 578. The van der Waals surface area contributed by atoms with Crippen molar-refractivity contribution >= 4 is 11.9 Å². The second kappa shape index (κ2) is 6.21. The molecular formula is C15H20N4O3. The molecule has 2 saturated heterocycles. The fourth-order valence-corrected chi connectivity index (χ4v) is 3.11. The minimum Gasteiger partial charge on any atom is -0.480 e. The zero-order valence-corrected chi connectivity index (χ0v) is 12.6. The predicted octanol–water partition coefficient (Wildman–Crippen LogP) is 0.720. The smallest absolute Gasteiger partial charge is 0.317 e. The summed E-state index contributed by atoms with van der Waals surface area (Å²) >= 11 is 0. The molecule has 1 unspecified atom stereocenters. The number of ether oxygens (including phenoxy) is 1. The number of pyridine rings is 1. The first kappa shape index (κ1) is 14.6. The highest BCUT2D eigenvalue weighted by Crippen LogP contribution is 2.22. The van der Waals surface area contributed by atoms with Crippen molar-refractivity contribution < 1.29 is 14.3 Å². The summed E-state index contributed by atoms with van der Waals surface area (Å²) in [4.78, 5) is 32.2. The summed E-state index contributed by atoms with van der Waals surface area (Å²) in [5.74, 6) is 0.253. The van der Waals surface area contributed by atoms with E-state index < -0.39 is 0 Å². The van der Waals surface area contributed by atoms with Crippen molar-refractivity contribution in [2.75, 3.05) is 33.3 Å². The van der Waals surface area contributed by atoms with E-state index in [0.29, 0.717) is 37.6 Å². The summed E-state index contributed by atoms with van der Waals surface area (Å²) in [6.07, 6.45) is 3.42. The van der Waals surface area contributed by atoms with Gasteiger partial charge in [-0.15, -0.1) is 0 Å². The SMILES string of the molecule is COc1ncccc1C(=O)N1CCCC(N2CCNC2=O)C1. The summed E-state index contributed by atoms with van der Waals surface area (Å²) in [7, 11) is 1.51. The molecule has 1 aromatic rings. The van der Waals surface area contributed by atoms with E-state index in [4.69, 9.17) is 4.74 Å². The molecule has 3 amide bonds. The van der Waals surface area contributed by atoms with Crippen molar-refractivity contribution in [2.24, 2.45) is 0 Å². The van der Waals surface area contributed by atoms with Gasteiger partial charge in [-0.1, -0.05) is 0 Å². The number of hydrogen-bond acceptors (Lipinski definition) is 4. The highest BCUT2D eigenvalue weighted by atomic mass is 16.5. The molecule has 0 radical (unpaired) electrons. The van der Waals surface area contributed by atoms with Gasteiger partial charge >= 0.3 is 6.03 Å². The Hall–Kier alpha value is -2.31. The van der Waals surface area contributed by atoms with Gasteiger partial charge in [0.1, 0.15) is 5.56 Å². The van der Waals surface area contributed by atoms with Gasteiger partial charge in [0, 0.05) is 32.4 Å². The number of rotatable bonds is 3. The van der Waals surface area contributed by atoms with Crippen molar-refractivity contribution in [1.29, 1.82) is 0 Å². The fraction of sp³-hybridized carbons (Fsp3) is 0.533. The van der Waals surface area contributed by atoms with Crippen LogP contribution in [0.2, 0.25) is 0 Å². The Labute approximate surface area is 129 Å². The molecule has 0 aromatic carbocycles. The Morgan fingerprint density at radius 3 is 3.05 bits per heavy atom. The highest BCUT2D eigenvalue weighted by Gasteiger charge is 2.33. The molecule has 2 aliphatic heterocycles. The molecule has 0 bridgehead atoms. The molecule has 22 heavy (non-hydrogen) atoms. The van der Waals surface area contributed by atoms with E-state index in [1.807, 2.05) is 4.90 Å². The zero-order chi connectivity index (χ0) is 15.5. The average Bonchev–Trinajstić information content (AvgIpc) is 3.00. The van der Waals surface area contributed by atoms with E-state index in [-0.39, 0.29) is 18.0 Å². The third kappa shape index (κ3) is 2.70. The van der Waals surface area contributed by atoms with Crippen LogP contribution in [0.4, 0.5) is 4.79 Å². The van der Waals surface area contributed by atoms with Crippen molar-refractivity contribution in [3.8, 4) is 5.88 Å². The maximum atomic E-state index is 12.7. The van der Waals surface area contributed by atoms with Crippen LogP contribution in [-0.4, -0.2) is 66.1 Å². The maximum Gasteiger partial charge on any atom is 0.317 e. The number of urea groups is 1. The van der Waals surface area contributed by atoms with Crippen molar-refractivity contribution in [2.45, 2.75) is 18.9 Å². The number of amides is 3. The number of piperidine rings is 1. The molecular weight excluding hydrogens is 284 g/mol. The van der Waals surface area contributed by atoms with Crippen LogP contribution in [0.25, 0.3) is 0 Å². The first-order valence-electron chi connectivity index (χ1n) is 7.53. The number of carbonyl (C=O) groups is 2. The lowest BCUT2D eigenvalue weighted by Crippen LogP contribution is -2.50. The molecule has 1 aromatic heterocycles. The molecule has 3 rings (SSSR count). The number of likely N-dealkylation sites (tertiary alicyclic amines) is 1. The first-order valence-corrected chi connectivity index (χ1v) is 7.53. The van der Waals surface area contributed by atoms with E-state index >= 15 is 0 Å². The lowest BCUT2D eigenvalue weighted by molar-refractivity contribution is 0.0630. The molecule has 0 spiro atoms. The van der Waals surface area contributed by atoms with Crippen LogP contribution >= 0.6 is 0 Å². The van der Waals surface area contributed by atoms with E-state index in [9.17, 15) is 9.59 Å². The van der Waals surface area contributed by atoms with E-state index in [0.717, 1.165) is 12.8 Å². The number of hydrogen-bond donors (Lipinski definition) is 1. The van der Waals surface area contributed by atoms with Gasteiger partial charge in [-0.3, -0.25) is 4.79 Å². The molecule has 7 heteroatoms. The van der Waals surface area contributed by atoms with Gasteiger partial charge < -0.3 is 19.9 Å². The van der Waals surface area contributed by atoms with E-state index in [1.165, 1.54) is 7.11 Å². The number of carbonyl (C=O) groups excluding carboxylic acids is 2. The first-order chi connectivity index (χ1) is 10.7. The fourth-order valence-electron chi connectivity index (χ4n) is 3.11. The lowest BCUT2D eigenvalue weighted by atomic mass is 10.0. The van der Waals surface area contributed by atoms with Crippen LogP contribution in [0, 0.1) is 0 Å². The third-order valence-electron chi connectivity index (χ3n) is 4.21. The minimum atomic E-state index is -0.0887. The Kier molecular flexibility index (Phi) is 4.13. The van der Waals surface area contributed by atoms with Crippen LogP contribution in [0.15, 0.2) is 18.3 Å². The largest absolute Gasteiger partial charge is 0.480 e. The zero-order valence-electron chi connectivity index (χ0n) is 12.6. The summed E-state index contributed by atoms with van der Waals surface area (Å²) in [5, 5.41) is 2.81. The van der Waals surface area contributed by atoms with E-state index in [1.54, 1.807) is 23.2 Å². The summed E-state index contributed by atoms with van der Waals surface area (Å²) in [6.45, 7) is 2.65. The summed E-state index contributed by atoms with van der Waals surface area (Å²) in [5.41, 5.74) is 0.469. The highest BCUT2D eigenvalue weighted by molar-refractivity contribution is 5.96. The van der Waals surface area contributed by atoms with Gasteiger partial charge in [-0.25, -0.2) is 9.78 Å². The van der Waals surface area contributed by atoms with Crippen molar-refractivity contribution in [3.63, 3.8) is 0 Å². The molecule has 3 heterocycles. The number of nitrogens with one attached hydrogen (secondary N) is 1. The maximum absolute atomic E-state index is 12.7. The van der Waals surface area contributed by atoms with Crippen LogP contribution in [0.1, 0.15) is 23.2 Å². The molecule has 2 aliphatic rings.